The number of aromatic nitrogens is 7. The van der Waals surface area contributed by atoms with Crippen LogP contribution in [0.15, 0.2) is 36.9 Å². The molecule has 0 aliphatic carbocycles. The van der Waals surface area contributed by atoms with Gasteiger partial charge in [0.1, 0.15) is 11.5 Å². The van der Waals surface area contributed by atoms with Crippen LogP contribution in [0.25, 0.3) is 28.2 Å². The summed E-state index contributed by atoms with van der Waals surface area (Å²) in [5, 5.41) is 25.3. The molecule has 0 aliphatic heterocycles. The number of fused-ring (bicyclic) bond motifs is 1. The van der Waals surface area contributed by atoms with Crippen molar-refractivity contribution < 1.29 is 4.74 Å². The van der Waals surface area contributed by atoms with E-state index < -0.39 is 5.54 Å². The third kappa shape index (κ3) is 3.40. The Morgan fingerprint density at radius 1 is 1.33 bits per heavy atom. The quantitative estimate of drug-likeness (QED) is 0.460. The number of anilines is 1. The summed E-state index contributed by atoms with van der Waals surface area (Å²) in [5.74, 6) is 0.393. The van der Waals surface area contributed by atoms with Gasteiger partial charge in [-0.2, -0.15) is 20.6 Å². The highest BCUT2D eigenvalue weighted by Crippen LogP contribution is 2.32. The summed E-state index contributed by atoms with van der Waals surface area (Å²) in [6.45, 7) is 2.61. The van der Waals surface area contributed by atoms with Crippen LogP contribution in [0.2, 0.25) is 0 Å². The van der Waals surface area contributed by atoms with Gasteiger partial charge in [0, 0.05) is 31.5 Å². The lowest BCUT2D eigenvalue weighted by Crippen LogP contribution is -2.34. The van der Waals surface area contributed by atoms with Crippen LogP contribution in [0.1, 0.15) is 26.2 Å². The number of nitrogen functional groups attached to an aromatic ring is 1. The summed E-state index contributed by atoms with van der Waals surface area (Å²) < 4.78 is 8.92. The maximum absolute atomic E-state index is 9.42. The maximum Gasteiger partial charge on any atom is 0.145 e. The lowest BCUT2D eigenvalue weighted by atomic mass is 9.89. The highest BCUT2D eigenvalue weighted by molar-refractivity contribution is 5.78. The van der Waals surface area contributed by atoms with Gasteiger partial charge in [0.15, 0.2) is 0 Å². The molecule has 10 heteroatoms. The Bertz CT molecular complexity index is 1200. The van der Waals surface area contributed by atoms with Gasteiger partial charge in [0.25, 0.3) is 0 Å². The number of rotatable bonds is 8. The van der Waals surface area contributed by atoms with E-state index in [0.717, 1.165) is 23.2 Å². The van der Waals surface area contributed by atoms with Crippen LogP contribution in [0.3, 0.4) is 0 Å². The number of nitrogens with two attached hydrogens (primary N) is 1. The Kier molecular flexibility index (Phi) is 5.20. The average Bonchev–Trinajstić information content (AvgIpc) is 3.50. The van der Waals surface area contributed by atoms with Crippen molar-refractivity contribution in [2.75, 3.05) is 19.5 Å². The highest BCUT2D eigenvalue weighted by atomic mass is 16.5. The van der Waals surface area contributed by atoms with Gasteiger partial charge >= 0.3 is 0 Å². The lowest BCUT2D eigenvalue weighted by molar-refractivity contribution is 0.128. The van der Waals surface area contributed by atoms with E-state index >= 15 is 0 Å². The predicted molar refractivity (Wildman–Crippen MR) is 111 cm³/mol. The zero-order valence-electron chi connectivity index (χ0n) is 16.9. The van der Waals surface area contributed by atoms with Gasteiger partial charge < -0.3 is 10.5 Å². The molecule has 4 aromatic rings. The van der Waals surface area contributed by atoms with Crippen LogP contribution in [0, 0.1) is 11.3 Å². The van der Waals surface area contributed by atoms with E-state index in [1.807, 2.05) is 23.1 Å². The molecule has 0 fully saturated rings. The summed E-state index contributed by atoms with van der Waals surface area (Å²) in [5.41, 5.74) is 9.10. The van der Waals surface area contributed by atoms with Gasteiger partial charge in [-0.15, -0.1) is 0 Å². The molecule has 0 aromatic carbocycles. The van der Waals surface area contributed by atoms with Gasteiger partial charge in [0.05, 0.1) is 53.5 Å². The van der Waals surface area contributed by atoms with Crippen molar-refractivity contribution in [3.8, 4) is 28.7 Å². The van der Waals surface area contributed by atoms with Crippen molar-refractivity contribution in [3.05, 3.63) is 36.9 Å². The van der Waals surface area contributed by atoms with E-state index in [0.29, 0.717) is 36.7 Å². The highest BCUT2D eigenvalue weighted by Gasteiger charge is 2.31. The number of ether oxygens (including phenoxy) is 1. The van der Waals surface area contributed by atoms with Crippen molar-refractivity contribution in [2.24, 2.45) is 0 Å². The molecule has 0 amide bonds. The first-order valence-electron chi connectivity index (χ1n) is 9.67. The number of H-pyrrole nitrogens is 1. The zero-order valence-corrected chi connectivity index (χ0v) is 16.9. The second-order valence-corrected chi connectivity index (χ2v) is 7.17. The number of nitrogens with one attached hydrogen (secondary N) is 1. The summed E-state index contributed by atoms with van der Waals surface area (Å²) in [7, 11) is 1.66. The largest absolute Gasteiger partial charge is 0.385 e. The molecule has 0 spiro atoms. The summed E-state index contributed by atoms with van der Waals surface area (Å²) in [4.78, 5) is 4.83. The van der Waals surface area contributed by atoms with Crippen molar-refractivity contribution in [1.29, 1.82) is 5.26 Å². The monoisotopic (exact) mass is 405 g/mol. The fourth-order valence-corrected chi connectivity index (χ4v) is 3.63. The molecular formula is C20H23N9O. The van der Waals surface area contributed by atoms with Crippen molar-refractivity contribution in [1.82, 2.24) is 34.6 Å². The Hall–Kier alpha value is -3.71. The summed E-state index contributed by atoms with van der Waals surface area (Å²) >= 11 is 0. The number of hydrogen-bond donors (Lipinski definition) is 2. The first kappa shape index (κ1) is 19.6. The normalized spacial score (nSPS) is 13.4. The summed E-state index contributed by atoms with van der Waals surface area (Å²) in [6, 6.07) is 5.93. The molecule has 10 nitrogen and oxygen atoms in total. The van der Waals surface area contributed by atoms with Crippen molar-refractivity contribution >= 4 is 11.3 Å². The van der Waals surface area contributed by atoms with Gasteiger partial charge in [-0.3, -0.25) is 9.78 Å². The molecule has 0 saturated carbocycles. The van der Waals surface area contributed by atoms with Crippen LogP contribution in [0.4, 0.5) is 5.82 Å². The fraction of sp³-hybridized carbons (Fsp3) is 0.350. The van der Waals surface area contributed by atoms with Crippen molar-refractivity contribution in [3.63, 3.8) is 0 Å². The van der Waals surface area contributed by atoms with Gasteiger partial charge in [-0.05, 0) is 18.9 Å². The molecule has 1 atom stereocenters. The minimum absolute atomic E-state index is 0.344. The molecule has 4 aromatic heterocycles. The Morgan fingerprint density at radius 2 is 2.20 bits per heavy atom. The predicted octanol–water partition coefficient (Wildman–Crippen LogP) is 2.62. The number of nitrogens with zero attached hydrogens (tertiary/aromatic N) is 7. The molecular weight excluding hydrogens is 382 g/mol. The molecule has 30 heavy (non-hydrogen) atoms. The molecule has 3 N–H and O–H groups in total. The van der Waals surface area contributed by atoms with Crippen LogP contribution in [0.5, 0.6) is 0 Å². The van der Waals surface area contributed by atoms with E-state index in [4.69, 9.17) is 15.5 Å². The molecule has 4 rings (SSSR count). The molecule has 4 heterocycles. The first-order chi connectivity index (χ1) is 14.6. The Labute approximate surface area is 173 Å². The Balaban J connectivity index is 1.81. The SMILES string of the molecule is CC[C@](CC#N)(CCOC)n1cc(-c2nc(-c3cc(N)n[nH]3)cn3nccc23)cn1. The molecule has 0 radical (unpaired) electrons. The second-order valence-electron chi connectivity index (χ2n) is 7.17. The third-order valence-corrected chi connectivity index (χ3v) is 5.44. The van der Waals surface area contributed by atoms with Crippen LogP contribution < -0.4 is 5.73 Å². The minimum Gasteiger partial charge on any atom is -0.385 e. The average molecular weight is 405 g/mol. The van der Waals surface area contributed by atoms with Gasteiger partial charge in [0.2, 0.25) is 0 Å². The fourth-order valence-electron chi connectivity index (χ4n) is 3.63. The van der Waals surface area contributed by atoms with E-state index in [1.54, 1.807) is 30.1 Å². The molecule has 0 aliphatic rings. The molecule has 0 bridgehead atoms. The maximum atomic E-state index is 9.42. The van der Waals surface area contributed by atoms with Crippen LogP contribution >= 0.6 is 0 Å². The van der Waals surface area contributed by atoms with E-state index in [-0.39, 0.29) is 0 Å². The molecule has 0 saturated heterocycles. The summed E-state index contributed by atoms with van der Waals surface area (Å²) in [6.07, 6.45) is 9.05. The van der Waals surface area contributed by atoms with Gasteiger partial charge in [-0.25, -0.2) is 9.50 Å². The Morgan fingerprint density at radius 3 is 2.90 bits per heavy atom. The van der Waals surface area contributed by atoms with Crippen LogP contribution in [-0.2, 0) is 10.3 Å². The third-order valence-electron chi connectivity index (χ3n) is 5.44. The smallest absolute Gasteiger partial charge is 0.145 e. The number of aromatic amines is 1. The number of nitriles is 1. The number of hydrogen-bond acceptors (Lipinski definition) is 7. The van der Waals surface area contributed by atoms with Crippen molar-refractivity contribution in [2.45, 2.75) is 31.7 Å². The van der Waals surface area contributed by atoms with E-state index in [9.17, 15) is 5.26 Å². The van der Waals surface area contributed by atoms with Gasteiger partial charge in [-0.1, -0.05) is 6.92 Å². The minimum atomic E-state index is -0.436. The first-order valence-corrected chi connectivity index (χ1v) is 9.67. The molecule has 154 valence electrons. The lowest BCUT2D eigenvalue weighted by Gasteiger charge is -2.30. The van der Waals surface area contributed by atoms with E-state index in [1.165, 1.54) is 0 Å². The second kappa shape index (κ2) is 7.96. The standard InChI is InChI=1S/C20H23N9O/c1-3-20(5-7-21,6-9-30-2)29-12-14(11-24-29)19-17-4-8-23-28(17)13-16(25-19)15-10-18(22)27-26-15/h4,8,10-13H,3,5-6,9H2,1-2H3,(H3,22,26,27)/t20-/m0/s1. The van der Waals surface area contributed by atoms with E-state index in [2.05, 4.69) is 33.4 Å². The topological polar surface area (TPSA) is 136 Å². The molecule has 0 unspecified atom stereocenters. The zero-order chi connectivity index (χ0) is 21.1. The number of methoxy groups -OCH3 is 1. The van der Waals surface area contributed by atoms with Crippen LogP contribution in [-0.4, -0.2) is 48.3 Å².